The second-order valence-corrected chi connectivity index (χ2v) is 10.2. The van der Waals surface area contributed by atoms with Crippen molar-refractivity contribution < 1.29 is 18.3 Å². The Morgan fingerprint density at radius 3 is 2.03 bits per heavy atom. The molecule has 3 N–H and O–H groups in total. The van der Waals surface area contributed by atoms with Gasteiger partial charge in [-0.2, -0.15) is 4.31 Å². The molecule has 0 saturated carbocycles. The maximum atomic E-state index is 13.4. The second kappa shape index (κ2) is 10.4. The normalized spacial score (nSPS) is 14.1. The molecular formula is C22H29ClN2O4S. The van der Waals surface area contributed by atoms with Crippen molar-refractivity contribution in [3.63, 3.8) is 0 Å². The number of benzene rings is 2. The maximum absolute atomic E-state index is 13.4. The van der Waals surface area contributed by atoms with Gasteiger partial charge in [0, 0.05) is 11.6 Å². The SMILES string of the molecule is CC(C)C[C@H](C(N)=O)N(Cc1ccc(CC(C)O)cc1)S(=O)(=O)c1ccc(Cl)cc1. The summed E-state index contributed by atoms with van der Waals surface area (Å²) in [7, 11) is -4.00. The molecule has 0 aliphatic heterocycles. The average Bonchev–Trinajstić information content (AvgIpc) is 2.65. The zero-order chi connectivity index (χ0) is 22.5. The molecule has 0 heterocycles. The highest BCUT2D eigenvalue weighted by molar-refractivity contribution is 7.89. The summed E-state index contributed by atoms with van der Waals surface area (Å²) in [4.78, 5) is 12.3. The van der Waals surface area contributed by atoms with E-state index in [-0.39, 0.29) is 17.4 Å². The first-order valence-corrected chi connectivity index (χ1v) is 11.6. The van der Waals surface area contributed by atoms with E-state index in [0.29, 0.717) is 17.9 Å². The van der Waals surface area contributed by atoms with E-state index < -0.39 is 28.1 Å². The molecule has 2 aromatic rings. The van der Waals surface area contributed by atoms with E-state index in [1.807, 2.05) is 26.0 Å². The molecule has 30 heavy (non-hydrogen) atoms. The number of carbonyl (C=O) groups excluding carboxylic acids is 1. The van der Waals surface area contributed by atoms with Gasteiger partial charge in [0.15, 0.2) is 0 Å². The Morgan fingerprint density at radius 1 is 1.03 bits per heavy atom. The molecule has 1 unspecified atom stereocenters. The topological polar surface area (TPSA) is 101 Å². The van der Waals surface area contributed by atoms with Gasteiger partial charge in [0.05, 0.1) is 11.0 Å². The van der Waals surface area contributed by atoms with Crippen molar-refractivity contribution in [1.82, 2.24) is 4.31 Å². The van der Waals surface area contributed by atoms with E-state index in [4.69, 9.17) is 17.3 Å². The maximum Gasteiger partial charge on any atom is 0.244 e. The first kappa shape index (κ1) is 24.3. The molecule has 0 spiro atoms. The van der Waals surface area contributed by atoms with Gasteiger partial charge in [-0.25, -0.2) is 8.42 Å². The molecule has 0 radical (unpaired) electrons. The predicted octanol–water partition coefficient (Wildman–Crippen LogP) is 3.35. The van der Waals surface area contributed by atoms with Gasteiger partial charge >= 0.3 is 0 Å². The van der Waals surface area contributed by atoms with Crippen LogP contribution in [0.5, 0.6) is 0 Å². The minimum absolute atomic E-state index is 0.000243. The number of aliphatic hydroxyl groups is 1. The number of sulfonamides is 1. The number of amides is 1. The highest BCUT2D eigenvalue weighted by atomic mass is 35.5. The highest BCUT2D eigenvalue weighted by Gasteiger charge is 2.35. The van der Waals surface area contributed by atoms with Crippen LogP contribution < -0.4 is 5.73 Å². The van der Waals surface area contributed by atoms with E-state index in [1.54, 1.807) is 19.1 Å². The van der Waals surface area contributed by atoms with Crippen LogP contribution in [0.1, 0.15) is 38.3 Å². The molecule has 2 rings (SSSR count). The van der Waals surface area contributed by atoms with Gasteiger partial charge < -0.3 is 10.8 Å². The molecule has 6 nitrogen and oxygen atoms in total. The molecule has 0 saturated heterocycles. The third kappa shape index (κ3) is 6.54. The summed E-state index contributed by atoms with van der Waals surface area (Å²) in [5.74, 6) is -0.620. The fourth-order valence-corrected chi connectivity index (χ4v) is 4.95. The van der Waals surface area contributed by atoms with Crippen LogP contribution in [-0.4, -0.2) is 35.9 Å². The smallest absolute Gasteiger partial charge is 0.244 e. The fraction of sp³-hybridized carbons (Fsp3) is 0.409. The Balaban J connectivity index is 2.45. The minimum atomic E-state index is -4.00. The first-order chi connectivity index (χ1) is 14.0. The molecule has 2 aromatic carbocycles. The van der Waals surface area contributed by atoms with Gasteiger partial charge in [-0.15, -0.1) is 0 Å². The number of aliphatic hydroxyl groups excluding tert-OH is 1. The van der Waals surface area contributed by atoms with E-state index in [2.05, 4.69) is 0 Å². The Labute approximate surface area is 183 Å². The number of carbonyl (C=O) groups is 1. The van der Waals surface area contributed by atoms with Crippen molar-refractivity contribution in [1.29, 1.82) is 0 Å². The minimum Gasteiger partial charge on any atom is -0.393 e. The van der Waals surface area contributed by atoms with E-state index in [9.17, 15) is 18.3 Å². The number of hydrogen-bond donors (Lipinski definition) is 2. The molecule has 0 aromatic heterocycles. The molecule has 0 bridgehead atoms. The van der Waals surface area contributed by atoms with E-state index in [1.165, 1.54) is 28.6 Å². The van der Waals surface area contributed by atoms with E-state index >= 15 is 0 Å². The third-order valence-electron chi connectivity index (χ3n) is 4.68. The quantitative estimate of drug-likeness (QED) is 0.577. The van der Waals surface area contributed by atoms with Gasteiger partial charge in [0.2, 0.25) is 15.9 Å². The van der Waals surface area contributed by atoms with Crippen LogP contribution in [0.25, 0.3) is 0 Å². The lowest BCUT2D eigenvalue weighted by atomic mass is 10.0. The Hall–Kier alpha value is -1.93. The van der Waals surface area contributed by atoms with Crippen molar-refractivity contribution in [2.45, 2.75) is 57.2 Å². The van der Waals surface area contributed by atoms with Gasteiger partial charge in [-0.05, 0) is 61.1 Å². The number of nitrogens with two attached hydrogens (primary N) is 1. The monoisotopic (exact) mass is 452 g/mol. The van der Waals surface area contributed by atoms with E-state index in [0.717, 1.165) is 11.1 Å². The van der Waals surface area contributed by atoms with Crippen LogP contribution in [0.3, 0.4) is 0 Å². The Morgan fingerprint density at radius 2 is 1.57 bits per heavy atom. The lowest BCUT2D eigenvalue weighted by Crippen LogP contribution is -2.48. The standard InChI is InChI=1S/C22H29ClN2O4S/c1-15(2)12-21(22(24)27)25(30(28,29)20-10-8-19(23)9-11-20)14-18-6-4-17(5-7-18)13-16(3)26/h4-11,15-16,21,26H,12-14H2,1-3H3,(H2,24,27)/t16?,21-/m1/s1. The van der Waals surface area contributed by atoms with Crippen LogP contribution >= 0.6 is 11.6 Å². The van der Waals surface area contributed by atoms with Crippen LogP contribution in [0.4, 0.5) is 0 Å². The third-order valence-corrected chi connectivity index (χ3v) is 6.80. The zero-order valence-electron chi connectivity index (χ0n) is 17.5. The number of nitrogens with zero attached hydrogens (tertiary/aromatic N) is 1. The number of rotatable bonds is 10. The van der Waals surface area contributed by atoms with Crippen LogP contribution in [0.2, 0.25) is 5.02 Å². The molecule has 8 heteroatoms. The van der Waals surface area contributed by atoms with Crippen molar-refractivity contribution in [2.75, 3.05) is 0 Å². The summed E-state index contributed by atoms with van der Waals surface area (Å²) in [5.41, 5.74) is 7.28. The lowest BCUT2D eigenvalue weighted by molar-refractivity contribution is -0.122. The molecule has 0 aliphatic rings. The van der Waals surface area contributed by atoms with Gasteiger partial charge in [-0.3, -0.25) is 4.79 Å². The second-order valence-electron chi connectivity index (χ2n) is 7.92. The van der Waals surface area contributed by atoms with Gasteiger partial charge in [-0.1, -0.05) is 49.7 Å². The summed E-state index contributed by atoms with van der Waals surface area (Å²) in [5, 5.41) is 9.96. The van der Waals surface area contributed by atoms with Crippen molar-refractivity contribution in [3.05, 3.63) is 64.7 Å². The summed E-state index contributed by atoms with van der Waals surface area (Å²) >= 11 is 5.90. The number of hydrogen-bond acceptors (Lipinski definition) is 4. The van der Waals surface area contributed by atoms with Crippen LogP contribution in [0, 0.1) is 5.92 Å². The highest BCUT2D eigenvalue weighted by Crippen LogP contribution is 2.25. The van der Waals surface area contributed by atoms with Crippen molar-refractivity contribution >= 4 is 27.5 Å². The summed E-state index contributed by atoms with van der Waals surface area (Å²) < 4.78 is 28.0. The Bertz CT molecular complexity index is 942. The van der Waals surface area contributed by atoms with Crippen LogP contribution in [0.15, 0.2) is 53.4 Å². The number of primary amides is 1. The van der Waals surface area contributed by atoms with Crippen molar-refractivity contribution in [2.24, 2.45) is 11.7 Å². The average molecular weight is 453 g/mol. The van der Waals surface area contributed by atoms with Crippen LogP contribution in [-0.2, 0) is 27.8 Å². The first-order valence-electron chi connectivity index (χ1n) is 9.83. The molecule has 0 fully saturated rings. The summed E-state index contributed by atoms with van der Waals surface area (Å²) in [6.45, 7) is 5.53. The largest absolute Gasteiger partial charge is 0.393 e. The van der Waals surface area contributed by atoms with Gasteiger partial charge in [0.25, 0.3) is 0 Å². The molecule has 164 valence electrons. The molecule has 0 aliphatic carbocycles. The zero-order valence-corrected chi connectivity index (χ0v) is 19.0. The lowest BCUT2D eigenvalue weighted by Gasteiger charge is -2.30. The molecule has 1 amide bonds. The van der Waals surface area contributed by atoms with Gasteiger partial charge in [0.1, 0.15) is 6.04 Å². The Kier molecular flexibility index (Phi) is 8.43. The fourth-order valence-electron chi connectivity index (χ4n) is 3.23. The molecule has 2 atom stereocenters. The van der Waals surface area contributed by atoms with Crippen molar-refractivity contribution in [3.8, 4) is 0 Å². The number of halogens is 1. The summed E-state index contributed by atoms with van der Waals surface area (Å²) in [6.07, 6.45) is 0.343. The predicted molar refractivity (Wildman–Crippen MR) is 118 cm³/mol. The molecular weight excluding hydrogens is 424 g/mol. The summed E-state index contributed by atoms with van der Waals surface area (Å²) in [6, 6.07) is 12.1.